The van der Waals surface area contributed by atoms with Crippen LogP contribution in [0.4, 0.5) is 0 Å². The van der Waals surface area contributed by atoms with Crippen LogP contribution in [0.15, 0.2) is 0 Å². The Morgan fingerprint density at radius 1 is 1.00 bits per heavy atom. The molecule has 0 bridgehead atoms. The molecule has 0 spiro atoms. The average Bonchev–Trinajstić information content (AvgIpc) is 3.44. The minimum absolute atomic E-state index is 0.00915. The van der Waals surface area contributed by atoms with Crippen LogP contribution in [-0.2, 0) is 9.59 Å². The molecule has 1 aliphatic carbocycles. The van der Waals surface area contributed by atoms with E-state index in [9.17, 15) is 9.59 Å². The van der Waals surface area contributed by atoms with Crippen LogP contribution in [0, 0.1) is 11.8 Å². The van der Waals surface area contributed by atoms with Crippen LogP contribution in [0.25, 0.3) is 0 Å². The lowest BCUT2D eigenvalue weighted by molar-refractivity contribution is -0.136. The summed E-state index contributed by atoms with van der Waals surface area (Å²) in [5.74, 6) is 0.689. The molecular weight excluding hydrogens is 290 g/mol. The van der Waals surface area contributed by atoms with Crippen LogP contribution in [-0.4, -0.2) is 60.4 Å². The van der Waals surface area contributed by atoms with Gasteiger partial charge in [-0.1, -0.05) is 13.3 Å². The smallest absolute Gasteiger partial charge is 0.225 e. The van der Waals surface area contributed by atoms with Gasteiger partial charge in [-0.3, -0.25) is 14.5 Å². The maximum absolute atomic E-state index is 12.5. The number of likely N-dealkylation sites (N-methyl/N-ethyl adjacent to an activating group) is 1. The minimum Gasteiger partial charge on any atom is -0.354 e. The van der Waals surface area contributed by atoms with Crippen LogP contribution >= 0.6 is 0 Å². The molecule has 0 aromatic rings. The quantitative estimate of drug-likeness (QED) is 0.837. The first-order valence-electron chi connectivity index (χ1n) is 9.49. The minimum atomic E-state index is -0.00915. The Bertz CT molecular complexity index is 436. The molecule has 5 heteroatoms. The first-order valence-corrected chi connectivity index (χ1v) is 9.49. The molecule has 5 nitrogen and oxygen atoms in total. The number of amides is 2. The van der Waals surface area contributed by atoms with Gasteiger partial charge in [-0.2, -0.15) is 0 Å². The molecule has 3 fully saturated rings. The van der Waals surface area contributed by atoms with Gasteiger partial charge in [0, 0.05) is 31.6 Å². The lowest BCUT2D eigenvalue weighted by atomic mass is 9.96. The van der Waals surface area contributed by atoms with E-state index in [1.54, 1.807) is 0 Å². The zero-order chi connectivity index (χ0) is 16.2. The van der Waals surface area contributed by atoms with Gasteiger partial charge in [0.15, 0.2) is 0 Å². The first-order chi connectivity index (χ1) is 11.2. The fourth-order valence-corrected chi connectivity index (χ4v) is 4.05. The highest BCUT2D eigenvalue weighted by Gasteiger charge is 2.36. The Kier molecular flexibility index (Phi) is 5.57. The number of hydrogen-bond donors (Lipinski definition) is 1. The lowest BCUT2D eigenvalue weighted by Gasteiger charge is -2.36. The number of carbonyl (C=O) groups is 2. The molecule has 0 aromatic heterocycles. The van der Waals surface area contributed by atoms with E-state index in [0.29, 0.717) is 12.6 Å². The van der Waals surface area contributed by atoms with Crippen molar-refractivity contribution in [2.45, 2.75) is 57.9 Å². The number of rotatable bonds is 5. The fourth-order valence-electron chi connectivity index (χ4n) is 4.05. The van der Waals surface area contributed by atoms with Gasteiger partial charge >= 0.3 is 0 Å². The number of carbonyl (C=O) groups excluding carboxylic acids is 2. The van der Waals surface area contributed by atoms with E-state index in [0.717, 1.165) is 51.9 Å². The van der Waals surface area contributed by atoms with Gasteiger partial charge in [0.25, 0.3) is 0 Å². The number of hydrogen-bond acceptors (Lipinski definition) is 3. The molecule has 2 amide bonds. The molecule has 1 N–H and O–H groups in total. The van der Waals surface area contributed by atoms with Gasteiger partial charge in [0.2, 0.25) is 11.8 Å². The third kappa shape index (κ3) is 4.25. The van der Waals surface area contributed by atoms with Crippen molar-refractivity contribution < 1.29 is 9.59 Å². The molecule has 3 aliphatic rings. The van der Waals surface area contributed by atoms with E-state index in [-0.39, 0.29) is 23.7 Å². The molecule has 3 rings (SSSR count). The van der Waals surface area contributed by atoms with Crippen molar-refractivity contribution in [3.63, 3.8) is 0 Å². The summed E-state index contributed by atoms with van der Waals surface area (Å²) in [6, 6.07) is 0.491. The lowest BCUT2D eigenvalue weighted by Crippen LogP contribution is -2.50. The zero-order valence-electron chi connectivity index (χ0n) is 14.4. The molecule has 0 radical (unpaired) electrons. The average molecular weight is 321 g/mol. The van der Waals surface area contributed by atoms with Crippen molar-refractivity contribution in [3.05, 3.63) is 0 Å². The van der Waals surface area contributed by atoms with Crippen molar-refractivity contribution in [1.82, 2.24) is 15.1 Å². The summed E-state index contributed by atoms with van der Waals surface area (Å²) >= 11 is 0. The highest BCUT2D eigenvalue weighted by atomic mass is 16.2. The summed E-state index contributed by atoms with van der Waals surface area (Å²) in [5.41, 5.74) is 0. The summed E-state index contributed by atoms with van der Waals surface area (Å²) in [6.07, 6.45) is 7.69. The normalized spacial score (nSPS) is 29.3. The van der Waals surface area contributed by atoms with Gasteiger partial charge < -0.3 is 10.2 Å². The van der Waals surface area contributed by atoms with Crippen LogP contribution in [0.1, 0.15) is 51.9 Å². The molecule has 2 saturated heterocycles. The van der Waals surface area contributed by atoms with E-state index in [1.165, 1.54) is 19.3 Å². The molecule has 23 heavy (non-hydrogen) atoms. The van der Waals surface area contributed by atoms with Crippen LogP contribution in [0.3, 0.4) is 0 Å². The predicted molar refractivity (Wildman–Crippen MR) is 89.9 cm³/mol. The van der Waals surface area contributed by atoms with E-state index in [2.05, 4.69) is 17.1 Å². The fraction of sp³-hybridized carbons (Fsp3) is 0.889. The second-order valence-corrected chi connectivity index (χ2v) is 7.42. The molecule has 0 aromatic carbocycles. The number of likely N-dealkylation sites (tertiary alicyclic amines) is 2. The summed E-state index contributed by atoms with van der Waals surface area (Å²) < 4.78 is 0. The van der Waals surface area contributed by atoms with Gasteiger partial charge in [-0.25, -0.2) is 0 Å². The molecule has 130 valence electrons. The molecule has 0 unspecified atom stereocenters. The largest absolute Gasteiger partial charge is 0.354 e. The third-order valence-electron chi connectivity index (χ3n) is 5.70. The van der Waals surface area contributed by atoms with E-state index in [1.807, 2.05) is 4.90 Å². The Balaban J connectivity index is 1.46. The summed E-state index contributed by atoms with van der Waals surface area (Å²) in [6.45, 7) is 6.65. The number of nitrogens with zero attached hydrogens (tertiary/aromatic N) is 2. The second-order valence-electron chi connectivity index (χ2n) is 7.42. The van der Waals surface area contributed by atoms with E-state index >= 15 is 0 Å². The summed E-state index contributed by atoms with van der Waals surface area (Å²) in [5, 5.41) is 3.17. The molecule has 2 heterocycles. The standard InChI is InChI=1S/C18H31N3O2/c1-2-20-10-4-3-7-16(20)12-19-17(22)15-6-5-11-21(13-15)18(23)14-8-9-14/h14-16H,2-13H2,1H3,(H,19,22)/t15-,16+/m0/s1. The third-order valence-corrected chi connectivity index (χ3v) is 5.70. The van der Waals surface area contributed by atoms with Crippen molar-refractivity contribution in [2.75, 3.05) is 32.7 Å². The number of piperidine rings is 2. The van der Waals surface area contributed by atoms with Crippen molar-refractivity contribution in [2.24, 2.45) is 11.8 Å². The Labute approximate surface area is 139 Å². The molecule has 2 aliphatic heterocycles. The SMILES string of the molecule is CCN1CCCC[C@@H]1CNC(=O)[C@H]1CCCN(C(=O)C2CC2)C1. The maximum atomic E-state index is 12.5. The van der Waals surface area contributed by atoms with Gasteiger partial charge in [0.1, 0.15) is 0 Å². The highest BCUT2D eigenvalue weighted by molar-refractivity contribution is 5.83. The van der Waals surface area contributed by atoms with Gasteiger partial charge in [-0.15, -0.1) is 0 Å². The summed E-state index contributed by atoms with van der Waals surface area (Å²) in [4.78, 5) is 29.1. The number of nitrogens with one attached hydrogen (secondary N) is 1. The van der Waals surface area contributed by atoms with Crippen molar-refractivity contribution >= 4 is 11.8 Å². The van der Waals surface area contributed by atoms with Crippen LogP contribution in [0.2, 0.25) is 0 Å². The topological polar surface area (TPSA) is 52.7 Å². The van der Waals surface area contributed by atoms with Crippen LogP contribution < -0.4 is 5.32 Å². The predicted octanol–water partition coefficient (Wildman–Crippen LogP) is 1.63. The van der Waals surface area contributed by atoms with Gasteiger partial charge in [-0.05, 0) is 51.6 Å². The Morgan fingerprint density at radius 2 is 1.83 bits per heavy atom. The van der Waals surface area contributed by atoms with E-state index < -0.39 is 0 Å². The zero-order valence-corrected chi connectivity index (χ0v) is 14.4. The second kappa shape index (κ2) is 7.65. The maximum Gasteiger partial charge on any atom is 0.225 e. The van der Waals surface area contributed by atoms with Gasteiger partial charge in [0.05, 0.1) is 5.92 Å². The molecule has 2 atom stereocenters. The Hall–Kier alpha value is -1.10. The van der Waals surface area contributed by atoms with E-state index in [4.69, 9.17) is 0 Å². The highest BCUT2D eigenvalue weighted by Crippen LogP contribution is 2.32. The van der Waals surface area contributed by atoms with Crippen molar-refractivity contribution in [3.8, 4) is 0 Å². The molecule has 1 saturated carbocycles. The Morgan fingerprint density at radius 3 is 2.57 bits per heavy atom. The van der Waals surface area contributed by atoms with Crippen LogP contribution in [0.5, 0.6) is 0 Å². The first kappa shape index (κ1) is 16.7. The summed E-state index contributed by atoms with van der Waals surface area (Å²) in [7, 11) is 0. The molecular formula is C18H31N3O2. The van der Waals surface area contributed by atoms with Crippen molar-refractivity contribution in [1.29, 1.82) is 0 Å². The monoisotopic (exact) mass is 321 g/mol.